The zero-order valence-corrected chi connectivity index (χ0v) is 23.5. The van der Waals surface area contributed by atoms with Gasteiger partial charge in [-0.2, -0.15) is 5.10 Å². The van der Waals surface area contributed by atoms with Gasteiger partial charge in [-0.1, -0.05) is 78.9 Å². The van der Waals surface area contributed by atoms with Crippen LogP contribution in [-0.4, -0.2) is 36.0 Å². The molecule has 0 saturated carbocycles. The summed E-state index contributed by atoms with van der Waals surface area (Å²) in [5, 5.41) is 15.9. The van der Waals surface area contributed by atoms with E-state index in [2.05, 4.69) is 10.5 Å². The highest BCUT2D eigenvalue weighted by molar-refractivity contribution is 6.25. The quantitative estimate of drug-likeness (QED) is 0.147. The summed E-state index contributed by atoms with van der Waals surface area (Å²) in [6, 6.07) is 28.5. The molecule has 218 valence electrons. The summed E-state index contributed by atoms with van der Waals surface area (Å²) in [5.41, 5.74) is 5.70. The molecule has 44 heavy (non-hydrogen) atoms. The number of benzene rings is 4. The molecule has 1 fully saturated rings. The van der Waals surface area contributed by atoms with Gasteiger partial charge in [0.1, 0.15) is 5.75 Å². The molecule has 1 aliphatic heterocycles. The van der Waals surface area contributed by atoms with Crippen LogP contribution in [0.3, 0.4) is 0 Å². The topological polar surface area (TPSA) is 131 Å². The standard InChI is InChI=1S/C34H26N4O6/c1-44-27-18-21(38(42)43)15-16-26(27)37-32(40)30-29-22-11-5-7-13-24(22)34(31(30)33(37)41,25-14-8-6-12-23(25)29)19-35-36-28(39)17-20-9-3-2-4-10-20/h2-16,18-19,29-31H,17H2,1H3,(H,36,39)/b35-19-/t29?,30-,31-,34?/m1/s1. The second kappa shape index (κ2) is 10.3. The lowest BCUT2D eigenvalue weighted by Gasteiger charge is -2.52. The van der Waals surface area contributed by atoms with E-state index in [4.69, 9.17) is 4.74 Å². The maximum Gasteiger partial charge on any atom is 0.273 e. The van der Waals surface area contributed by atoms with Crippen LogP contribution in [0.2, 0.25) is 0 Å². The van der Waals surface area contributed by atoms with Gasteiger partial charge in [0.2, 0.25) is 17.7 Å². The van der Waals surface area contributed by atoms with Crippen LogP contribution >= 0.6 is 0 Å². The van der Waals surface area contributed by atoms with E-state index in [0.29, 0.717) is 0 Å². The van der Waals surface area contributed by atoms with Crippen molar-refractivity contribution in [3.63, 3.8) is 0 Å². The Balaban J connectivity index is 1.36. The molecular formula is C34H26N4O6. The number of ether oxygens (including phenoxy) is 1. The highest BCUT2D eigenvalue weighted by Gasteiger charge is 2.68. The molecule has 4 aliphatic rings. The van der Waals surface area contributed by atoms with Crippen LogP contribution in [0.25, 0.3) is 0 Å². The van der Waals surface area contributed by atoms with Crippen molar-refractivity contribution in [3.8, 4) is 5.75 Å². The highest BCUT2D eigenvalue weighted by Crippen LogP contribution is 2.64. The van der Waals surface area contributed by atoms with Crippen LogP contribution in [0.15, 0.2) is 102 Å². The number of rotatable bonds is 7. The highest BCUT2D eigenvalue weighted by atomic mass is 16.6. The number of nitrogens with zero attached hydrogens (tertiary/aromatic N) is 3. The third kappa shape index (κ3) is 3.87. The molecule has 8 rings (SSSR count). The van der Waals surface area contributed by atoms with Gasteiger partial charge in [-0.3, -0.25) is 24.5 Å². The molecular weight excluding hydrogens is 560 g/mol. The molecule has 1 saturated heterocycles. The lowest BCUT2D eigenvalue weighted by Crippen LogP contribution is -2.54. The molecule has 4 aromatic rings. The van der Waals surface area contributed by atoms with Crippen LogP contribution in [0.5, 0.6) is 5.75 Å². The normalized spacial score (nSPS) is 22.8. The van der Waals surface area contributed by atoms with Crippen LogP contribution in [0, 0.1) is 22.0 Å². The van der Waals surface area contributed by atoms with E-state index >= 15 is 0 Å². The number of nitrogens with one attached hydrogen (secondary N) is 1. The minimum Gasteiger partial charge on any atom is -0.494 e. The molecule has 3 aliphatic carbocycles. The SMILES string of the molecule is COc1cc([N+](=O)[O-])ccc1N1C(=O)[C@@H]2C3c4ccccc4C(/C=N\NC(=O)Cc4ccccc4)(c4ccccc43)[C@H]2C1=O. The molecule has 1 N–H and O–H groups in total. The summed E-state index contributed by atoms with van der Waals surface area (Å²) in [6.07, 6.45) is 1.72. The monoisotopic (exact) mass is 586 g/mol. The average Bonchev–Trinajstić information content (AvgIpc) is 3.31. The number of imide groups is 1. The van der Waals surface area contributed by atoms with E-state index in [1.54, 1.807) is 6.21 Å². The van der Waals surface area contributed by atoms with Gasteiger partial charge < -0.3 is 4.74 Å². The first-order valence-corrected chi connectivity index (χ1v) is 14.1. The smallest absolute Gasteiger partial charge is 0.273 e. The number of non-ortho nitro benzene ring substituents is 1. The van der Waals surface area contributed by atoms with Crippen LogP contribution < -0.4 is 15.1 Å². The van der Waals surface area contributed by atoms with E-state index < -0.39 is 39.9 Å². The summed E-state index contributed by atoms with van der Waals surface area (Å²) in [7, 11) is 1.34. The molecule has 0 unspecified atom stereocenters. The summed E-state index contributed by atoms with van der Waals surface area (Å²) in [6.45, 7) is 0. The zero-order valence-electron chi connectivity index (χ0n) is 23.5. The third-order valence-electron chi connectivity index (χ3n) is 8.96. The summed E-state index contributed by atoms with van der Waals surface area (Å²) >= 11 is 0. The van der Waals surface area contributed by atoms with Crippen molar-refractivity contribution >= 4 is 35.3 Å². The van der Waals surface area contributed by atoms with E-state index in [-0.39, 0.29) is 29.5 Å². The maximum atomic E-state index is 14.6. The van der Waals surface area contributed by atoms with Crippen molar-refractivity contribution < 1.29 is 24.0 Å². The largest absolute Gasteiger partial charge is 0.494 e. The van der Waals surface area contributed by atoms with Gasteiger partial charge in [0.15, 0.2) is 0 Å². The summed E-state index contributed by atoms with van der Waals surface area (Å²) in [5.74, 6) is -3.25. The lowest BCUT2D eigenvalue weighted by molar-refractivity contribution is -0.384. The number of carbonyl (C=O) groups excluding carboxylic acids is 3. The Kier molecular flexibility index (Phi) is 6.35. The molecule has 0 spiro atoms. The van der Waals surface area contributed by atoms with Crippen molar-refractivity contribution in [2.45, 2.75) is 17.8 Å². The Morgan fingerprint density at radius 2 is 1.59 bits per heavy atom. The fraction of sp³-hybridized carbons (Fsp3) is 0.176. The molecule has 10 nitrogen and oxygen atoms in total. The number of carbonyl (C=O) groups is 3. The van der Waals surface area contributed by atoms with Gasteiger partial charge in [0.05, 0.1) is 47.5 Å². The first kappa shape index (κ1) is 27.2. The van der Waals surface area contributed by atoms with Gasteiger partial charge in [-0.25, -0.2) is 10.3 Å². The van der Waals surface area contributed by atoms with Gasteiger partial charge >= 0.3 is 0 Å². The molecule has 0 aromatic heterocycles. The fourth-order valence-corrected chi connectivity index (χ4v) is 7.28. The second-order valence-electron chi connectivity index (χ2n) is 11.1. The van der Waals surface area contributed by atoms with Crippen molar-refractivity contribution in [1.29, 1.82) is 0 Å². The van der Waals surface area contributed by atoms with Crippen LogP contribution in [-0.2, 0) is 26.2 Å². The predicted octanol–water partition coefficient (Wildman–Crippen LogP) is 4.50. The second-order valence-corrected chi connectivity index (χ2v) is 11.1. The minimum atomic E-state index is -1.18. The predicted molar refractivity (Wildman–Crippen MR) is 161 cm³/mol. The number of nitro groups is 1. The van der Waals surface area contributed by atoms with E-state index in [1.807, 2.05) is 78.9 Å². The Hall–Kier alpha value is -5.64. The minimum absolute atomic E-state index is 0.0396. The Bertz CT molecular complexity index is 1840. The first-order chi connectivity index (χ1) is 21.4. The number of amides is 3. The van der Waals surface area contributed by atoms with Crippen molar-refractivity contribution in [1.82, 2.24) is 5.43 Å². The molecule has 1 heterocycles. The Morgan fingerprint density at radius 1 is 0.955 bits per heavy atom. The van der Waals surface area contributed by atoms with Gasteiger partial charge in [-0.15, -0.1) is 0 Å². The number of nitro benzene ring substituents is 1. The van der Waals surface area contributed by atoms with Crippen molar-refractivity contribution in [2.75, 3.05) is 12.0 Å². The van der Waals surface area contributed by atoms with Crippen molar-refractivity contribution in [2.24, 2.45) is 16.9 Å². The number of hydrazone groups is 1. The molecule has 2 atom stereocenters. The summed E-state index contributed by atoms with van der Waals surface area (Å²) in [4.78, 5) is 53.8. The Morgan fingerprint density at radius 3 is 2.23 bits per heavy atom. The van der Waals surface area contributed by atoms with E-state index in [0.717, 1.165) is 32.7 Å². The molecule has 2 bridgehead atoms. The van der Waals surface area contributed by atoms with Crippen LogP contribution in [0.1, 0.15) is 33.7 Å². The third-order valence-corrected chi connectivity index (χ3v) is 8.96. The van der Waals surface area contributed by atoms with Crippen molar-refractivity contribution in [3.05, 3.63) is 135 Å². The Labute approximate surface area is 252 Å². The molecule has 4 aromatic carbocycles. The van der Waals surface area contributed by atoms with E-state index in [9.17, 15) is 24.5 Å². The molecule has 3 amide bonds. The zero-order chi connectivity index (χ0) is 30.6. The number of methoxy groups -OCH3 is 1. The lowest BCUT2D eigenvalue weighted by atomic mass is 9.47. The first-order valence-electron chi connectivity index (χ1n) is 14.1. The van der Waals surface area contributed by atoms with E-state index in [1.165, 1.54) is 25.3 Å². The van der Waals surface area contributed by atoms with Gasteiger partial charge in [0.25, 0.3) is 5.69 Å². The maximum absolute atomic E-state index is 14.6. The number of hydrogen-bond donors (Lipinski definition) is 1. The number of hydrogen-bond acceptors (Lipinski definition) is 7. The molecule has 0 radical (unpaired) electrons. The molecule has 10 heteroatoms. The van der Waals surface area contributed by atoms with Gasteiger partial charge in [-0.05, 0) is 33.9 Å². The van der Waals surface area contributed by atoms with Crippen LogP contribution in [0.4, 0.5) is 11.4 Å². The fourth-order valence-electron chi connectivity index (χ4n) is 7.28. The number of anilines is 1. The summed E-state index contributed by atoms with van der Waals surface area (Å²) < 4.78 is 5.43. The average molecular weight is 587 g/mol. The van der Waals surface area contributed by atoms with Gasteiger partial charge in [0, 0.05) is 18.2 Å².